The molecule has 1 saturated heterocycles. The number of carboxylic acid groups (broad SMARTS) is 1. The van der Waals surface area contributed by atoms with Gasteiger partial charge in [0, 0.05) is 18.7 Å². The zero-order chi connectivity index (χ0) is 15.9. The van der Waals surface area contributed by atoms with Crippen LogP contribution in [0.3, 0.4) is 0 Å². The number of ether oxygens (including phenoxy) is 2. The van der Waals surface area contributed by atoms with Crippen LogP contribution in [0.2, 0.25) is 0 Å². The van der Waals surface area contributed by atoms with Crippen molar-refractivity contribution in [3.63, 3.8) is 0 Å². The second-order valence-electron chi connectivity index (χ2n) is 5.21. The molecule has 0 aliphatic carbocycles. The molecular formula is C16H21NO5. The van der Waals surface area contributed by atoms with Crippen LogP contribution in [0.4, 0.5) is 5.69 Å². The van der Waals surface area contributed by atoms with Gasteiger partial charge < -0.3 is 19.9 Å². The maximum atomic E-state index is 12.0. The summed E-state index contributed by atoms with van der Waals surface area (Å²) in [6.45, 7) is 3.04. The highest BCUT2D eigenvalue weighted by atomic mass is 16.5. The zero-order valence-corrected chi connectivity index (χ0v) is 12.6. The Kier molecular flexibility index (Phi) is 5.77. The van der Waals surface area contributed by atoms with Gasteiger partial charge >= 0.3 is 5.97 Å². The number of carbonyl (C=O) groups is 2. The lowest BCUT2D eigenvalue weighted by atomic mass is 9.96. The van der Waals surface area contributed by atoms with Crippen LogP contribution in [0.25, 0.3) is 0 Å². The fraction of sp³-hybridized carbons (Fsp3) is 0.500. The van der Waals surface area contributed by atoms with Crippen molar-refractivity contribution in [3.05, 3.63) is 24.3 Å². The Labute approximate surface area is 129 Å². The Balaban J connectivity index is 1.91. The maximum Gasteiger partial charge on any atom is 0.309 e. The minimum atomic E-state index is -0.992. The average Bonchev–Trinajstić information content (AvgIpc) is 3.01. The second kappa shape index (κ2) is 7.79. The van der Waals surface area contributed by atoms with Gasteiger partial charge in [-0.1, -0.05) is 0 Å². The number of carbonyl (C=O) groups excluding carboxylic acids is 1. The minimum absolute atomic E-state index is 0.0901. The van der Waals surface area contributed by atoms with Crippen LogP contribution in [0.1, 0.15) is 26.2 Å². The van der Waals surface area contributed by atoms with E-state index in [1.54, 1.807) is 24.3 Å². The Morgan fingerprint density at radius 1 is 1.41 bits per heavy atom. The summed E-state index contributed by atoms with van der Waals surface area (Å²) >= 11 is 0. The number of carboxylic acids is 1. The molecule has 22 heavy (non-hydrogen) atoms. The van der Waals surface area contributed by atoms with Gasteiger partial charge in [0.05, 0.1) is 18.6 Å². The molecule has 6 heteroatoms. The standard InChI is InChI=1S/C16H21NO5/c1-2-21-12-7-5-11(6-8-12)17-15(18)10-13(16(19)20)14-4-3-9-22-14/h5-8,13-14H,2-4,9-10H2,1H3,(H,17,18)(H,19,20)/t13-,14+/m1/s1. The summed E-state index contributed by atoms with van der Waals surface area (Å²) in [4.78, 5) is 23.3. The largest absolute Gasteiger partial charge is 0.494 e. The summed E-state index contributed by atoms with van der Waals surface area (Å²) in [6.07, 6.45) is 1.07. The molecule has 1 heterocycles. The van der Waals surface area contributed by atoms with Gasteiger partial charge in [-0.3, -0.25) is 9.59 Å². The smallest absolute Gasteiger partial charge is 0.309 e. The molecule has 1 amide bonds. The third-order valence-corrected chi connectivity index (χ3v) is 3.59. The molecular weight excluding hydrogens is 286 g/mol. The van der Waals surface area contributed by atoms with Crippen molar-refractivity contribution >= 4 is 17.6 Å². The molecule has 2 N–H and O–H groups in total. The molecule has 1 aliphatic rings. The molecule has 0 spiro atoms. The van der Waals surface area contributed by atoms with Crippen LogP contribution in [0.15, 0.2) is 24.3 Å². The first-order chi connectivity index (χ1) is 10.6. The molecule has 1 aliphatic heterocycles. The number of amides is 1. The first-order valence-electron chi connectivity index (χ1n) is 7.47. The van der Waals surface area contributed by atoms with Crippen molar-refractivity contribution in [2.24, 2.45) is 5.92 Å². The van der Waals surface area contributed by atoms with Gasteiger partial charge in [0.2, 0.25) is 5.91 Å². The van der Waals surface area contributed by atoms with E-state index in [9.17, 15) is 14.7 Å². The Hall–Kier alpha value is -2.08. The van der Waals surface area contributed by atoms with Crippen molar-refractivity contribution in [1.29, 1.82) is 0 Å². The molecule has 2 atom stereocenters. The van der Waals surface area contributed by atoms with Crippen LogP contribution >= 0.6 is 0 Å². The van der Waals surface area contributed by atoms with E-state index in [1.807, 2.05) is 6.92 Å². The van der Waals surface area contributed by atoms with Crippen molar-refractivity contribution in [2.75, 3.05) is 18.5 Å². The monoisotopic (exact) mass is 307 g/mol. The Bertz CT molecular complexity index is 508. The van der Waals surface area contributed by atoms with Gasteiger partial charge in [0.15, 0.2) is 0 Å². The number of rotatable bonds is 7. The van der Waals surface area contributed by atoms with Gasteiger partial charge in [-0.2, -0.15) is 0 Å². The molecule has 0 radical (unpaired) electrons. The molecule has 0 bridgehead atoms. The summed E-state index contributed by atoms with van der Waals surface area (Å²) in [5.41, 5.74) is 0.616. The first-order valence-corrected chi connectivity index (χ1v) is 7.47. The minimum Gasteiger partial charge on any atom is -0.494 e. The number of hydrogen-bond acceptors (Lipinski definition) is 4. The van der Waals surface area contributed by atoms with E-state index in [-0.39, 0.29) is 18.4 Å². The predicted octanol–water partition coefficient (Wildman–Crippen LogP) is 2.29. The molecule has 6 nitrogen and oxygen atoms in total. The highest BCUT2D eigenvalue weighted by molar-refractivity contribution is 5.93. The lowest BCUT2D eigenvalue weighted by Gasteiger charge is -2.18. The van der Waals surface area contributed by atoms with Crippen molar-refractivity contribution in [1.82, 2.24) is 0 Å². The van der Waals surface area contributed by atoms with Crippen molar-refractivity contribution < 1.29 is 24.2 Å². The third kappa shape index (κ3) is 4.46. The third-order valence-electron chi connectivity index (χ3n) is 3.59. The normalized spacial score (nSPS) is 18.7. The molecule has 0 saturated carbocycles. The Morgan fingerprint density at radius 2 is 2.14 bits per heavy atom. The molecule has 120 valence electrons. The van der Waals surface area contributed by atoms with Crippen LogP contribution in [-0.2, 0) is 14.3 Å². The number of benzene rings is 1. The summed E-state index contributed by atoms with van der Waals surface area (Å²) < 4.78 is 10.7. The van der Waals surface area contributed by atoms with E-state index in [0.29, 0.717) is 25.3 Å². The van der Waals surface area contributed by atoms with E-state index in [0.717, 1.165) is 12.2 Å². The second-order valence-corrected chi connectivity index (χ2v) is 5.21. The zero-order valence-electron chi connectivity index (χ0n) is 12.6. The van der Waals surface area contributed by atoms with Crippen molar-refractivity contribution in [2.45, 2.75) is 32.3 Å². The lowest BCUT2D eigenvalue weighted by Crippen LogP contribution is -2.31. The first kappa shape index (κ1) is 16.3. The van der Waals surface area contributed by atoms with E-state index in [1.165, 1.54) is 0 Å². The summed E-state index contributed by atoms with van der Waals surface area (Å²) in [7, 11) is 0. The summed E-state index contributed by atoms with van der Waals surface area (Å²) in [5, 5.41) is 12.0. The van der Waals surface area contributed by atoms with E-state index < -0.39 is 11.9 Å². The fourth-order valence-corrected chi connectivity index (χ4v) is 2.51. The number of aliphatic carboxylic acids is 1. The quantitative estimate of drug-likeness (QED) is 0.807. The highest BCUT2D eigenvalue weighted by Crippen LogP contribution is 2.24. The van der Waals surface area contributed by atoms with Gasteiger partial charge in [-0.05, 0) is 44.0 Å². The van der Waals surface area contributed by atoms with Gasteiger partial charge in [-0.15, -0.1) is 0 Å². The molecule has 2 rings (SSSR count). The van der Waals surface area contributed by atoms with Crippen molar-refractivity contribution in [3.8, 4) is 5.75 Å². The average molecular weight is 307 g/mol. The number of hydrogen-bond donors (Lipinski definition) is 2. The molecule has 0 unspecified atom stereocenters. The predicted molar refractivity (Wildman–Crippen MR) is 81.0 cm³/mol. The Morgan fingerprint density at radius 3 is 2.68 bits per heavy atom. The summed E-state index contributed by atoms with van der Waals surface area (Å²) in [5.74, 6) is -1.39. The lowest BCUT2D eigenvalue weighted by molar-refractivity contribution is -0.148. The van der Waals surface area contributed by atoms with Gasteiger partial charge in [-0.25, -0.2) is 0 Å². The van der Waals surface area contributed by atoms with E-state index >= 15 is 0 Å². The van der Waals surface area contributed by atoms with Crippen LogP contribution in [0.5, 0.6) is 5.75 Å². The van der Waals surface area contributed by atoms with Crippen LogP contribution in [-0.4, -0.2) is 36.3 Å². The number of anilines is 1. The SMILES string of the molecule is CCOc1ccc(NC(=O)C[C@@H](C(=O)O)[C@@H]2CCCO2)cc1. The molecule has 0 aromatic heterocycles. The highest BCUT2D eigenvalue weighted by Gasteiger charge is 2.33. The van der Waals surface area contributed by atoms with Crippen LogP contribution in [0, 0.1) is 5.92 Å². The van der Waals surface area contributed by atoms with Gasteiger partial charge in [0.25, 0.3) is 0 Å². The number of nitrogens with one attached hydrogen (secondary N) is 1. The molecule has 1 aromatic rings. The maximum absolute atomic E-state index is 12.0. The van der Waals surface area contributed by atoms with E-state index in [2.05, 4.69) is 5.32 Å². The van der Waals surface area contributed by atoms with E-state index in [4.69, 9.17) is 9.47 Å². The van der Waals surface area contributed by atoms with Crippen LogP contribution < -0.4 is 10.1 Å². The van der Waals surface area contributed by atoms with Gasteiger partial charge in [0.1, 0.15) is 5.75 Å². The molecule has 1 aromatic carbocycles. The topological polar surface area (TPSA) is 84.9 Å². The fourth-order valence-electron chi connectivity index (χ4n) is 2.51. The molecule has 1 fully saturated rings. The summed E-state index contributed by atoms with van der Waals surface area (Å²) in [6, 6.07) is 6.97.